The van der Waals surface area contributed by atoms with Crippen LogP contribution in [-0.2, 0) is 0 Å². The maximum Gasteiger partial charge on any atom is 0.130 e. The molecular formula is C21H20FOSi. The number of hydrogen-bond donors (Lipinski definition) is 0. The summed E-state index contributed by atoms with van der Waals surface area (Å²) in [6.45, 7) is 2.12. The van der Waals surface area contributed by atoms with Gasteiger partial charge in [0.05, 0.1) is 7.11 Å². The van der Waals surface area contributed by atoms with Crippen molar-refractivity contribution in [2.45, 2.75) is 12.5 Å². The Hall–Kier alpha value is -2.39. The highest BCUT2D eigenvalue weighted by Gasteiger charge is 2.27. The molecule has 0 saturated carbocycles. The molecule has 0 aliphatic rings. The second-order valence-electron chi connectivity index (χ2n) is 5.75. The summed E-state index contributed by atoms with van der Waals surface area (Å²) in [7, 11) is 0.405. The van der Waals surface area contributed by atoms with Crippen LogP contribution < -0.4 is 15.1 Å². The molecule has 0 N–H and O–H groups in total. The normalized spacial score (nSPS) is 12.2. The standard InChI is InChI=1S/C21H20FOSi/c1-16(20-14-13-17(23-2)15-21(20)22)24(18-9-5-3-6-10-18)19-11-7-4-8-12-19/h3-16H,1-2H3/t16-/m1/s1. The lowest BCUT2D eigenvalue weighted by Gasteiger charge is -2.24. The molecular weight excluding hydrogens is 315 g/mol. The van der Waals surface area contributed by atoms with Crippen LogP contribution in [0.2, 0.25) is 0 Å². The molecule has 121 valence electrons. The molecule has 0 aliphatic heterocycles. The smallest absolute Gasteiger partial charge is 0.130 e. The average Bonchev–Trinajstić information content (AvgIpc) is 2.63. The number of rotatable bonds is 5. The minimum atomic E-state index is -1.15. The molecule has 3 heteroatoms. The molecule has 3 aromatic carbocycles. The summed E-state index contributed by atoms with van der Waals surface area (Å²) < 4.78 is 19.7. The first kappa shape index (κ1) is 16.5. The van der Waals surface area contributed by atoms with Crippen LogP contribution in [0.5, 0.6) is 5.75 Å². The maximum atomic E-state index is 14.6. The molecule has 0 amide bonds. The Morgan fingerprint density at radius 3 is 1.83 bits per heavy atom. The Labute approximate surface area is 144 Å². The Bertz CT molecular complexity index is 750. The molecule has 0 heterocycles. The summed E-state index contributed by atoms with van der Waals surface area (Å²) in [5.41, 5.74) is 0.850. The molecule has 0 saturated heterocycles. The summed E-state index contributed by atoms with van der Waals surface area (Å²) in [5.74, 6) is 0.354. The fourth-order valence-corrected chi connectivity index (χ4v) is 6.03. The van der Waals surface area contributed by atoms with Gasteiger partial charge in [-0.25, -0.2) is 4.39 Å². The van der Waals surface area contributed by atoms with Gasteiger partial charge >= 0.3 is 0 Å². The molecule has 0 aliphatic carbocycles. The van der Waals surface area contributed by atoms with E-state index in [9.17, 15) is 4.39 Å². The quantitative estimate of drug-likeness (QED) is 0.645. The molecule has 3 aromatic rings. The summed E-state index contributed by atoms with van der Waals surface area (Å²) in [4.78, 5) is 0. The van der Waals surface area contributed by atoms with Crippen LogP contribution in [-0.4, -0.2) is 15.9 Å². The number of benzene rings is 3. The lowest BCUT2D eigenvalue weighted by Crippen LogP contribution is -2.46. The number of ether oxygens (including phenoxy) is 1. The molecule has 0 aromatic heterocycles. The van der Waals surface area contributed by atoms with E-state index in [0.717, 1.165) is 5.56 Å². The zero-order valence-electron chi connectivity index (χ0n) is 13.9. The highest BCUT2D eigenvalue weighted by atomic mass is 28.3. The van der Waals surface area contributed by atoms with Gasteiger partial charge in [0.25, 0.3) is 0 Å². The highest BCUT2D eigenvalue weighted by Crippen LogP contribution is 2.25. The number of methoxy groups -OCH3 is 1. The van der Waals surface area contributed by atoms with Gasteiger partial charge in [-0.05, 0) is 17.2 Å². The monoisotopic (exact) mass is 335 g/mol. The van der Waals surface area contributed by atoms with Crippen LogP contribution in [0.3, 0.4) is 0 Å². The van der Waals surface area contributed by atoms with Gasteiger partial charge in [-0.1, -0.05) is 84.0 Å². The Kier molecular flexibility index (Phi) is 5.11. The number of hydrogen-bond acceptors (Lipinski definition) is 1. The van der Waals surface area contributed by atoms with Crippen molar-refractivity contribution in [1.29, 1.82) is 0 Å². The summed E-state index contributed by atoms with van der Waals surface area (Å²) in [6.07, 6.45) is 0. The zero-order valence-corrected chi connectivity index (χ0v) is 14.9. The van der Waals surface area contributed by atoms with Crippen LogP contribution in [0, 0.1) is 5.82 Å². The fraction of sp³-hybridized carbons (Fsp3) is 0.143. The maximum absolute atomic E-state index is 14.6. The van der Waals surface area contributed by atoms with Crippen molar-refractivity contribution in [2.75, 3.05) is 7.11 Å². The van der Waals surface area contributed by atoms with Crippen LogP contribution in [0.15, 0.2) is 78.9 Å². The van der Waals surface area contributed by atoms with E-state index < -0.39 is 8.80 Å². The first-order valence-corrected chi connectivity index (χ1v) is 9.59. The predicted octanol–water partition coefficient (Wildman–Crippen LogP) is 3.79. The third-order valence-corrected chi connectivity index (χ3v) is 7.36. The molecule has 3 rings (SSSR count). The van der Waals surface area contributed by atoms with Gasteiger partial charge in [0, 0.05) is 6.07 Å². The molecule has 0 fully saturated rings. The first-order valence-electron chi connectivity index (χ1n) is 8.02. The van der Waals surface area contributed by atoms with Crippen molar-refractivity contribution in [3.63, 3.8) is 0 Å². The molecule has 24 heavy (non-hydrogen) atoms. The minimum Gasteiger partial charge on any atom is -0.497 e. The molecule has 0 unspecified atom stereocenters. The van der Waals surface area contributed by atoms with E-state index in [1.165, 1.54) is 16.4 Å². The van der Waals surface area contributed by atoms with Gasteiger partial charge in [-0.3, -0.25) is 0 Å². The summed E-state index contributed by atoms with van der Waals surface area (Å²) in [6, 6.07) is 26.0. The topological polar surface area (TPSA) is 9.23 Å². The zero-order chi connectivity index (χ0) is 16.9. The van der Waals surface area contributed by atoms with Gasteiger partial charge < -0.3 is 4.74 Å². The van der Waals surface area contributed by atoms with Crippen LogP contribution in [0.25, 0.3) is 0 Å². The van der Waals surface area contributed by atoms with Crippen LogP contribution in [0.1, 0.15) is 18.0 Å². The van der Waals surface area contributed by atoms with Crippen LogP contribution in [0.4, 0.5) is 4.39 Å². The SMILES string of the molecule is COc1ccc([C@@H](C)[Si](c2ccccc2)c2ccccc2)c(F)c1. The second-order valence-corrected chi connectivity index (χ2v) is 8.60. The van der Waals surface area contributed by atoms with Crippen molar-refractivity contribution in [3.05, 3.63) is 90.2 Å². The van der Waals surface area contributed by atoms with Gasteiger partial charge in [-0.2, -0.15) is 0 Å². The van der Waals surface area contributed by atoms with E-state index in [2.05, 4.69) is 55.5 Å². The van der Waals surface area contributed by atoms with Gasteiger partial charge in [0.1, 0.15) is 20.4 Å². The van der Waals surface area contributed by atoms with Crippen molar-refractivity contribution in [1.82, 2.24) is 0 Å². The lowest BCUT2D eigenvalue weighted by molar-refractivity contribution is 0.410. The lowest BCUT2D eigenvalue weighted by atomic mass is 10.1. The van der Waals surface area contributed by atoms with Crippen LogP contribution >= 0.6 is 0 Å². The summed E-state index contributed by atoms with van der Waals surface area (Å²) in [5, 5.41) is 2.58. The highest BCUT2D eigenvalue weighted by molar-refractivity contribution is 6.86. The molecule has 1 atom stereocenters. The minimum absolute atomic E-state index is 0.103. The molecule has 0 spiro atoms. The molecule has 1 radical (unpaired) electrons. The van der Waals surface area contributed by atoms with E-state index in [1.807, 2.05) is 24.3 Å². The fourth-order valence-electron chi connectivity index (χ4n) is 3.04. The van der Waals surface area contributed by atoms with Gasteiger partial charge in [-0.15, -0.1) is 0 Å². The Balaban J connectivity index is 2.06. The third-order valence-electron chi connectivity index (χ3n) is 4.28. The van der Waals surface area contributed by atoms with E-state index in [-0.39, 0.29) is 11.4 Å². The van der Waals surface area contributed by atoms with E-state index in [4.69, 9.17) is 4.74 Å². The molecule has 0 bridgehead atoms. The number of halogens is 1. The van der Waals surface area contributed by atoms with E-state index >= 15 is 0 Å². The predicted molar refractivity (Wildman–Crippen MR) is 99.3 cm³/mol. The third kappa shape index (κ3) is 3.41. The second kappa shape index (κ2) is 7.45. The first-order chi connectivity index (χ1) is 11.7. The summed E-state index contributed by atoms with van der Waals surface area (Å²) >= 11 is 0. The van der Waals surface area contributed by atoms with Gasteiger partial charge in [0.2, 0.25) is 0 Å². The largest absolute Gasteiger partial charge is 0.497 e. The van der Waals surface area contributed by atoms with E-state index in [0.29, 0.717) is 5.75 Å². The Morgan fingerprint density at radius 1 is 0.833 bits per heavy atom. The Morgan fingerprint density at radius 2 is 1.38 bits per heavy atom. The van der Waals surface area contributed by atoms with Crippen molar-refractivity contribution < 1.29 is 9.13 Å². The van der Waals surface area contributed by atoms with Crippen molar-refractivity contribution in [3.8, 4) is 5.75 Å². The van der Waals surface area contributed by atoms with Crippen molar-refractivity contribution in [2.24, 2.45) is 0 Å². The van der Waals surface area contributed by atoms with Crippen molar-refractivity contribution >= 4 is 19.2 Å². The van der Waals surface area contributed by atoms with E-state index in [1.54, 1.807) is 7.11 Å². The average molecular weight is 335 g/mol. The van der Waals surface area contributed by atoms with Gasteiger partial charge in [0.15, 0.2) is 0 Å². The molecule has 1 nitrogen and oxygen atoms in total.